The minimum atomic E-state index is -1.13. The van der Waals surface area contributed by atoms with E-state index in [0.717, 1.165) is 0 Å². The van der Waals surface area contributed by atoms with Gasteiger partial charge in [0.05, 0.1) is 6.42 Å². The fourth-order valence-corrected chi connectivity index (χ4v) is 0.438. The van der Waals surface area contributed by atoms with Crippen molar-refractivity contribution in [2.75, 3.05) is 0 Å². The summed E-state index contributed by atoms with van der Waals surface area (Å²) in [6.45, 7) is 0. The third-order valence-electron chi connectivity index (χ3n) is 0.920. The second-order valence-electron chi connectivity index (χ2n) is 1.88. The van der Waals surface area contributed by atoms with Gasteiger partial charge in [-0.15, -0.1) is 0 Å². The van der Waals surface area contributed by atoms with Gasteiger partial charge in [-0.05, 0) is 0 Å². The number of hydroxylamine groups is 1. The number of nitrogens with one attached hydrogen (secondary N) is 2. The van der Waals surface area contributed by atoms with E-state index in [2.05, 4.69) is 0 Å². The standard InChI is InChI=1S/C5H8N2O5/c8-3(1-2-4(9)10)6-5(11)7-12/h12H,1-2H2,(H,9,10)(H2,6,7,8,11). The predicted molar refractivity (Wildman–Crippen MR) is 35.3 cm³/mol. The van der Waals surface area contributed by atoms with E-state index in [1.807, 2.05) is 0 Å². The zero-order valence-electron chi connectivity index (χ0n) is 6.03. The Morgan fingerprint density at radius 1 is 1.17 bits per heavy atom. The first kappa shape index (κ1) is 10.4. The van der Waals surface area contributed by atoms with Crippen LogP contribution in [0.1, 0.15) is 12.8 Å². The van der Waals surface area contributed by atoms with E-state index in [1.165, 1.54) is 5.48 Å². The van der Waals surface area contributed by atoms with Crippen LogP contribution in [-0.4, -0.2) is 28.2 Å². The number of urea groups is 1. The van der Waals surface area contributed by atoms with Gasteiger partial charge in [-0.2, -0.15) is 0 Å². The topological polar surface area (TPSA) is 116 Å². The van der Waals surface area contributed by atoms with E-state index in [9.17, 15) is 14.4 Å². The molecule has 68 valence electrons. The molecule has 0 atom stereocenters. The smallest absolute Gasteiger partial charge is 0.345 e. The van der Waals surface area contributed by atoms with E-state index in [4.69, 9.17) is 10.3 Å². The van der Waals surface area contributed by atoms with Crippen molar-refractivity contribution in [2.24, 2.45) is 0 Å². The Labute approximate surface area is 67.3 Å². The van der Waals surface area contributed by atoms with Crippen molar-refractivity contribution < 1.29 is 24.7 Å². The maximum atomic E-state index is 10.6. The van der Waals surface area contributed by atoms with Gasteiger partial charge in [0, 0.05) is 6.42 Å². The second kappa shape index (κ2) is 5.08. The zero-order chi connectivity index (χ0) is 9.56. The molecule has 0 aliphatic rings. The molecule has 0 aromatic heterocycles. The number of imide groups is 1. The summed E-state index contributed by atoms with van der Waals surface area (Å²) < 4.78 is 0. The largest absolute Gasteiger partial charge is 0.481 e. The lowest BCUT2D eigenvalue weighted by Crippen LogP contribution is -2.37. The summed E-state index contributed by atoms with van der Waals surface area (Å²) in [7, 11) is 0. The van der Waals surface area contributed by atoms with Crippen LogP contribution in [-0.2, 0) is 9.59 Å². The number of hydrogen-bond donors (Lipinski definition) is 4. The molecule has 0 bridgehead atoms. The van der Waals surface area contributed by atoms with Crippen molar-refractivity contribution in [1.29, 1.82) is 0 Å². The van der Waals surface area contributed by atoms with Crippen molar-refractivity contribution in [3.8, 4) is 0 Å². The van der Waals surface area contributed by atoms with Gasteiger partial charge in [-0.1, -0.05) is 0 Å². The van der Waals surface area contributed by atoms with Crippen LogP contribution in [0.25, 0.3) is 0 Å². The molecule has 0 spiro atoms. The highest BCUT2D eigenvalue weighted by molar-refractivity contribution is 5.94. The lowest BCUT2D eigenvalue weighted by molar-refractivity contribution is -0.138. The van der Waals surface area contributed by atoms with Gasteiger partial charge in [0.25, 0.3) is 0 Å². The van der Waals surface area contributed by atoms with E-state index < -0.39 is 17.9 Å². The van der Waals surface area contributed by atoms with Crippen LogP contribution in [0.2, 0.25) is 0 Å². The molecular formula is C5H8N2O5. The molecule has 0 saturated heterocycles. The van der Waals surface area contributed by atoms with Crippen molar-refractivity contribution in [1.82, 2.24) is 10.8 Å². The quantitative estimate of drug-likeness (QED) is 0.327. The summed E-state index contributed by atoms with van der Waals surface area (Å²) in [4.78, 5) is 30.7. The summed E-state index contributed by atoms with van der Waals surface area (Å²) in [6, 6.07) is -1.08. The Kier molecular flexibility index (Phi) is 4.39. The number of carboxylic acid groups (broad SMARTS) is 1. The highest BCUT2D eigenvalue weighted by atomic mass is 16.5. The Balaban J connectivity index is 3.60. The Morgan fingerprint density at radius 3 is 2.17 bits per heavy atom. The van der Waals surface area contributed by atoms with Crippen LogP contribution in [0, 0.1) is 0 Å². The fraction of sp³-hybridized carbons (Fsp3) is 0.400. The van der Waals surface area contributed by atoms with Gasteiger partial charge in [0.2, 0.25) is 5.91 Å². The summed E-state index contributed by atoms with van der Waals surface area (Å²) in [6.07, 6.45) is -0.659. The summed E-state index contributed by atoms with van der Waals surface area (Å²) >= 11 is 0. The fourth-order valence-electron chi connectivity index (χ4n) is 0.438. The van der Waals surface area contributed by atoms with Crippen LogP contribution in [0.3, 0.4) is 0 Å². The highest BCUT2D eigenvalue weighted by Gasteiger charge is 2.07. The Hall–Kier alpha value is -1.63. The minimum Gasteiger partial charge on any atom is -0.481 e. The van der Waals surface area contributed by atoms with E-state index in [-0.39, 0.29) is 12.8 Å². The third-order valence-corrected chi connectivity index (χ3v) is 0.920. The molecule has 0 unspecified atom stereocenters. The number of amides is 3. The average Bonchev–Trinajstić information content (AvgIpc) is 2.00. The third kappa shape index (κ3) is 5.18. The lowest BCUT2D eigenvalue weighted by Gasteiger charge is -1.99. The summed E-state index contributed by atoms with van der Waals surface area (Å²) in [5, 5.41) is 17.7. The van der Waals surface area contributed by atoms with E-state index in [0.29, 0.717) is 0 Å². The van der Waals surface area contributed by atoms with E-state index >= 15 is 0 Å². The summed E-state index contributed by atoms with van der Waals surface area (Å²) in [5.41, 5.74) is 1.17. The molecular weight excluding hydrogens is 168 g/mol. The molecule has 3 amide bonds. The van der Waals surface area contributed by atoms with E-state index in [1.54, 1.807) is 5.32 Å². The highest BCUT2D eigenvalue weighted by Crippen LogP contribution is 1.87. The maximum Gasteiger partial charge on any atom is 0.345 e. The molecule has 0 heterocycles. The van der Waals surface area contributed by atoms with Gasteiger partial charge in [-0.25, -0.2) is 10.3 Å². The van der Waals surface area contributed by atoms with Crippen LogP contribution in [0.4, 0.5) is 4.79 Å². The first-order valence-corrected chi connectivity index (χ1v) is 3.02. The Bertz CT molecular complexity index is 202. The maximum absolute atomic E-state index is 10.6. The van der Waals surface area contributed by atoms with Crippen molar-refractivity contribution in [3.05, 3.63) is 0 Å². The normalized spacial score (nSPS) is 8.75. The first-order chi connectivity index (χ1) is 5.56. The molecule has 0 fully saturated rings. The molecule has 7 nitrogen and oxygen atoms in total. The zero-order valence-corrected chi connectivity index (χ0v) is 6.03. The van der Waals surface area contributed by atoms with Crippen LogP contribution < -0.4 is 10.8 Å². The molecule has 0 radical (unpaired) electrons. The number of aliphatic carboxylic acids is 1. The first-order valence-electron chi connectivity index (χ1n) is 3.02. The van der Waals surface area contributed by atoms with Crippen molar-refractivity contribution >= 4 is 17.9 Å². The monoisotopic (exact) mass is 176 g/mol. The number of carbonyl (C=O) groups is 3. The molecule has 0 rings (SSSR count). The van der Waals surface area contributed by atoms with Gasteiger partial charge in [0.1, 0.15) is 0 Å². The molecule has 12 heavy (non-hydrogen) atoms. The molecule has 0 aliphatic heterocycles. The number of rotatable bonds is 3. The van der Waals surface area contributed by atoms with Gasteiger partial charge < -0.3 is 5.11 Å². The summed E-state index contributed by atoms with van der Waals surface area (Å²) in [5.74, 6) is -1.89. The molecule has 0 aromatic rings. The molecule has 0 aliphatic carbocycles. The van der Waals surface area contributed by atoms with Gasteiger partial charge in [-0.3, -0.25) is 20.1 Å². The number of hydrogen-bond acceptors (Lipinski definition) is 4. The van der Waals surface area contributed by atoms with Crippen LogP contribution in [0.5, 0.6) is 0 Å². The molecule has 0 aromatic carbocycles. The van der Waals surface area contributed by atoms with Crippen LogP contribution >= 0.6 is 0 Å². The second-order valence-corrected chi connectivity index (χ2v) is 1.88. The minimum absolute atomic E-state index is 0.303. The van der Waals surface area contributed by atoms with Gasteiger partial charge >= 0.3 is 12.0 Å². The number of carboxylic acids is 1. The average molecular weight is 176 g/mol. The lowest BCUT2D eigenvalue weighted by atomic mass is 10.3. The molecule has 4 N–H and O–H groups in total. The molecule has 7 heteroatoms. The molecule has 0 saturated carbocycles. The predicted octanol–water partition coefficient (Wildman–Crippen LogP) is -0.934. The Morgan fingerprint density at radius 2 is 1.75 bits per heavy atom. The van der Waals surface area contributed by atoms with Crippen molar-refractivity contribution in [3.63, 3.8) is 0 Å². The van der Waals surface area contributed by atoms with Gasteiger partial charge in [0.15, 0.2) is 0 Å². The number of carbonyl (C=O) groups excluding carboxylic acids is 2. The SMILES string of the molecule is O=C(O)CCC(=O)NC(=O)NO. The van der Waals surface area contributed by atoms with Crippen molar-refractivity contribution in [2.45, 2.75) is 12.8 Å². The van der Waals surface area contributed by atoms with Crippen LogP contribution in [0.15, 0.2) is 0 Å².